The van der Waals surface area contributed by atoms with Crippen molar-refractivity contribution >= 4 is 5.97 Å². The van der Waals surface area contributed by atoms with Crippen molar-refractivity contribution in [3.63, 3.8) is 0 Å². The molecule has 0 aromatic heterocycles. The number of hydrogen-bond donors (Lipinski definition) is 2. The molecule has 0 heterocycles. The molecule has 0 aliphatic heterocycles. The number of aliphatic carboxylic acids is 1. The van der Waals surface area contributed by atoms with E-state index in [1.807, 2.05) is 19.9 Å². The van der Waals surface area contributed by atoms with Crippen LogP contribution in [0.2, 0.25) is 0 Å². The fourth-order valence-electron chi connectivity index (χ4n) is 0.796. The standard InChI is InChI=1S/C10H16O.C2H4O2/c1-5-9(4)7-10(11)6-8(2)3;1-2(3)4/h5-6,10-11H,1,4,7H2,2-3H3;1H3,(H,3,4). The van der Waals surface area contributed by atoms with Crippen molar-refractivity contribution in [3.8, 4) is 0 Å². The number of aliphatic hydroxyl groups is 1. The topological polar surface area (TPSA) is 57.5 Å². The van der Waals surface area contributed by atoms with Crippen molar-refractivity contribution < 1.29 is 15.0 Å². The van der Waals surface area contributed by atoms with E-state index in [-0.39, 0.29) is 0 Å². The molecular weight excluding hydrogens is 192 g/mol. The van der Waals surface area contributed by atoms with Crippen LogP contribution in [0.5, 0.6) is 0 Å². The van der Waals surface area contributed by atoms with Gasteiger partial charge in [0.15, 0.2) is 0 Å². The molecule has 0 saturated heterocycles. The van der Waals surface area contributed by atoms with E-state index < -0.39 is 12.1 Å². The zero-order valence-electron chi connectivity index (χ0n) is 9.66. The number of carboxylic acids is 1. The van der Waals surface area contributed by atoms with Gasteiger partial charge in [0.05, 0.1) is 6.10 Å². The third-order valence-corrected chi connectivity index (χ3v) is 1.29. The molecule has 3 nitrogen and oxygen atoms in total. The van der Waals surface area contributed by atoms with Crippen molar-refractivity contribution in [2.24, 2.45) is 0 Å². The fourth-order valence-corrected chi connectivity index (χ4v) is 0.796. The summed E-state index contributed by atoms with van der Waals surface area (Å²) < 4.78 is 0. The largest absolute Gasteiger partial charge is 0.481 e. The maximum absolute atomic E-state index is 9.34. The first-order valence-electron chi connectivity index (χ1n) is 4.62. The molecule has 86 valence electrons. The molecule has 15 heavy (non-hydrogen) atoms. The third-order valence-electron chi connectivity index (χ3n) is 1.29. The normalized spacial score (nSPS) is 10.4. The Hall–Kier alpha value is -1.35. The second-order valence-corrected chi connectivity index (χ2v) is 3.40. The summed E-state index contributed by atoms with van der Waals surface area (Å²) in [6.45, 7) is 12.3. The highest BCUT2D eigenvalue weighted by atomic mass is 16.4. The summed E-state index contributed by atoms with van der Waals surface area (Å²) in [5.41, 5.74) is 1.99. The summed E-state index contributed by atoms with van der Waals surface area (Å²) in [5.74, 6) is -0.833. The molecule has 0 rings (SSSR count). The Kier molecular flexibility index (Phi) is 9.89. The van der Waals surface area contributed by atoms with E-state index in [1.165, 1.54) is 0 Å². The van der Waals surface area contributed by atoms with E-state index in [0.717, 1.165) is 18.1 Å². The van der Waals surface area contributed by atoms with Crippen LogP contribution in [0.1, 0.15) is 27.2 Å². The molecule has 0 radical (unpaired) electrons. The van der Waals surface area contributed by atoms with Gasteiger partial charge in [0.1, 0.15) is 0 Å². The zero-order chi connectivity index (χ0) is 12.4. The minimum absolute atomic E-state index is 0.412. The fraction of sp³-hybridized carbons (Fsp3) is 0.417. The summed E-state index contributed by atoms with van der Waals surface area (Å²) in [6.07, 6.45) is 3.65. The predicted molar refractivity (Wildman–Crippen MR) is 62.7 cm³/mol. The highest BCUT2D eigenvalue weighted by molar-refractivity contribution is 5.62. The molecule has 0 bridgehead atoms. The average Bonchev–Trinajstić information content (AvgIpc) is 2.01. The molecule has 0 aromatic carbocycles. The Morgan fingerprint density at radius 2 is 1.80 bits per heavy atom. The van der Waals surface area contributed by atoms with Gasteiger partial charge >= 0.3 is 0 Å². The summed E-state index contributed by atoms with van der Waals surface area (Å²) in [6, 6.07) is 0. The molecule has 2 N–H and O–H groups in total. The van der Waals surface area contributed by atoms with Crippen LogP contribution in [-0.2, 0) is 4.79 Å². The van der Waals surface area contributed by atoms with Gasteiger partial charge in [-0.05, 0) is 13.8 Å². The first kappa shape index (κ1) is 16.1. The molecule has 0 saturated carbocycles. The van der Waals surface area contributed by atoms with Crippen LogP contribution >= 0.6 is 0 Å². The molecule has 0 aliphatic carbocycles. The molecule has 0 spiro atoms. The van der Waals surface area contributed by atoms with Crippen molar-refractivity contribution in [2.75, 3.05) is 0 Å². The Balaban J connectivity index is 0. The lowest BCUT2D eigenvalue weighted by Crippen LogP contribution is -2.02. The van der Waals surface area contributed by atoms with E-state index in [0.29, 0.717) is 6.42 Å². The molecule has 0 fully saturated rings. The Labute approximate surface area is 91.4 Å². The SMILES string of the molecule is C=CC(=C)CC(O)C=C(C)C.CC(=O)O. The Morgan fingerprint density at radius 3 is 2.07 bits per heavy atom. The lowest BCUT2D eigenvalue weighted by atomic mass is 10.1. The third kappa shape index (κ3) is 19.2. The van der Waals surface area contributed by atoms with Crippen molar-refractivity contribution in [2.45, 2.75) is 33.3 Å². The molecule has 1 unspecified atom stereocenters. The van der Waals surface area contributed by atoms with E-state index in [4.69, 9.17) is 9.90 Å². The number of carbonyl (C=O) groups is 1. The van der Waals surface area contributed by atoms with Gasteiger partial charge in [0.2, 0.25) is 0 Å². The van der Waals surface area contributed by atoms with Gasteiger partial charge < -0.3 is 10.2 Å². The molecule has 3 heteroatoms. The second-order valence-electron chi connectivity index (χ2n) is 3.40. The molecule has 0 amide bonds. The Bertz CT molecular complexity index is 244. The van der Waals surface area contributed by atoms with Gasteiger partial charge in [0, 0.05) is 13.3 Å². The highest BCUT2D eigenvalue weighted by Gasteiger charge is 1.99. The molecule has 1 atom stereocenters. The predicted octanol–water partition coefficient (Wildman–Crippen LogP) is 2.54. The summed E-state index contributed by atoms with van der Waals surface area (Å²) >= 11 is 0. The smallest absolute Gasteiger partial charge is 0.300 e. The minimum atomic E-state index is -0.833. The van der Waals surface area contributed by atoms with E-state index in [1.54, 1.807) is 6.08 Å². The average molecular weight is 212 g/mol. The maximum atomic E-state index is 9.34. The monoisotopic (exact) mass is 212 g/mol. The second kappa shape index (κ2) is 9.21. The van der Waals surface area contributed by atoms with E-state index in [9.17, 15) is 5.11 Å². The quantitative estimate of drug-likeness (QED) is 0.556. The van der Waals surface area contributed by atoms with Crippen molar-refractivity contribution in [1.82, 2.24) is 0 Å². The van der Waals surface area contributed by atoms with Crippen molar-refractivity contribution in [1.29, 1.82) is 0 Å². The maximum Gasteiger partial charge on any atom is 0.300 e. The van der Waals surface area contributed by atoms with Gasteiger partial charge in [-0.2, -0.15) is 0 Å². The number of hydrogen-bond acceptors (Lipinski definition) is 2. The zero-order valence-corrected chi connectivity index (χ0v) is 9.66. The summed E-state index contributed by atoms with van der Waals surface area (Å²) in [4.78, 5) is 9.00. The van der Waals surface area contributed by atoms with Gasteiger partial charge in [-0.3, -0.25) is 4.79 Å². The van der Waals surface area contributed by atoms with E-state index >= 15 is 0 Å². The van der Waals surface area contributed by atoms with Crippen LogP contribution in [0.15, 0.2) is 36.5 Å². The lowest BCUT2D eigenvalue weighted by Gasteiger charge is -2.05. The van der Waals surface area contributed by atoms with Crippen LogP contribution in [0.25, 0.3) is 0 Å². The number of carboxylic acid groups (broad SMARTS) is 1. The Morgan fingerprint density at radius 1 is 1.40 bits per heavy atom. The van der Waals surface area contributed by atoms with Gasteiger partial charge in [-0.1, -0.05) is 36.5 Å². The number of allylic oxidation sites excluding steroid dienone is 2. The van der Waals surface area contributed by atoms with Crippen LogP contribution in [0.4, 0.5) is 0 Å². The van der Waals surface area contributed by atoms with Crippen LogP contribution < -0.4 is 0 Å². The van der Waals surface area contributed by atoms with Gasteiger partial charge in [-0.15, -0.1) is 0 Å². The van der Waals surface area contributed by atoms with Crippen LogP contribution in [-0.4, -0.2) is 22.3 Å². The minimum Gasteiger partial charge on any atom is -0.481 e. The first-order chi connectivity index (χ1) is 6.79. The molecule has 0 aromatic rings. The van der Waals surface area contributed by atoms with Crippen LogP contribution in [0, 0.1) is 0 Å². The molecular formula is C12H20O3. The van der Waals surface area contributed by atoms with E-state index in [2.05, 4.69) is 13.2 Å². The van der Waals surface area contributed by atoms with Crippen LogP contribution in [0.3, 0.4) is 0 Å². The van der Waals surface area contributed by atoms with Gasteiger partial charge in [-0.25, -0.2) is 0 Å². The first-order valence-corrected chi connectivity index (χ1v) is 4.62. The summed E-state index contributed by atoms with van der Waals surface area (Å²) in [5, 5.41) is 16.8. The number of rotatable bonds is 4. The summed E-state index contributed by atoms with van der Waals surface area (Å²) in [7, 11) is 0. The highest BCUT2D eigenvalue weighted by Crippen LogP contribution is 2.06. The molecule has 0 aliphatic rings. The van der Waals surface area contributed by atoms with Gasteiger partial charge in [0.25, 0.3) is 5.97 Å². The lowest BCUT2D eigenvalue weighted by molar-refractivity contribution is -0.134. The number of aliphatic hydroxyl groups excluding tert-OH is 1. The van der Waals surface area contributed by atoms with Crippen molar-refractivity contribution in [3.05, 3.63) is 36.5 Å².